The maximum Gasteiger partial charge on any atom is 0.343 e. The van der Waals surface area contributed by atoms with Crippen LogP contribution in [0.2, 0.25) is 0 Å². The molecule has 0 N–H and O–H groups in total. The van der Waals surface area contributed by atoms with E-state index in [-0.39, 0.29) is 5.97 Å². The van der Waals surface area contributed by atoms with Crippen molar-refractivity contribution >= 4 is 23.8 Å². The van der Waals surface area contributed by atoms with Crippen molar-refractivity contribution in [3.8, 4) is 11.5 Å². The van der Waals surface area contributed by atoms with Crippen LogP contribution in [0.15, 0.2) is 77.8 Å². The lowest BCUT2D eigenvalue weighted by molar-refractivity contribution is 0.0497. The number of unbranched alkanes of at least 4 members (excludes halogenated alkanes) is 3. The molecule has 0 radical (unpaired) electrons. The lowest BCUT2D eigenvalue weighted by atomic mass is 10.2. The Bertz CT molecular complexity index is 1090. The molecule has 0 spiro atoms. The van der Waals surface area contributed by atoms with E-state index < -0.39 is 5.97 Å². The van der Waals surface area contributed by atoms with Gasteiger partial charge in [0, 0.05) is 6.21 Å². The molecule has 3 aromatic rings. The van der Waals surface area contributed by atoms with Gasteiger partial charge in [-0.15, -0.1) is 0 Å². The zero-order valence-corrected chi connectivity index (χ0v) is 19.5. The van der Waals surface area contributed by atoms with Crippen molar-refractivity contribution in [2.24, 2.45) is 4.99 Å². The van der Waals surface area contributed by atoms with Gasteiger partial charge in [0.25, 0.3) is 0 Å². The zero-order valence-electron chi connectivity index (χ0n) is 19.5. The van der Waals surface area contributed by atoms with Crippen LogP contribution in [0.1, 0.15) is 58.9 Å². The van der Waals surface area contributed by atoms with Crippen LogP contribution in [-0.2, 0) is 4.74 Å². The number of hydrogen-bond donors (Lipinski definition) is 0. The fourth-order valence-electron chi connectivity index (χ4n) is 3.12. The van der Waals surface area contributed by atoms with E-state index in [2.05, 4.69) is 11.9 Å². The second-order valence-electron chi connectivity index (χ2n) is 7.69. The number of rotatable bonds is 11. The summed E-state index contributed by atoms with van der Waals surface area (Å²) in [5.41, 5.74) is 2.48. The van der Waals surface area contributed by atoms with Crippen molar-refractivity contribution in [2.45, 2.75) is 32.6 Å². The standard InChI is InChI=1S/C28H29NO5/c1-3-4-5-6-19-33-27(30)22-11-17-26(18-12-22)34-28(31)23-9-13-24(14-10-23)29-20-21-7-15-25(32-2)16-8-21/h7-18,20H,3-6,19H2,1-2H3. The summed E-state index contributed by atoms with van der Waals surface area (Å²) in [6, 6.07) is 20.7. The number of carbonyl (C=O) groups is 2. The maximum absolute atomic E-state index is 12.4. The summed E-state index contributed by atoms with van der Waals surface area (Å²) < 4.78 is 15.8. The van der Waals surface area contributed by atoms with Gasteiger partial charge in [-0.2, -0.15) is 0 Å². The highest BCUT2D eigenvalue weighted by molar-refractivity contribution is 5.92. The summed E-state index contributed by atoms with van der Waals surface area (Å²) in [4.78, 5) is 29.0. The van der Waals surface area contributed by atoms with E-state index >= 15 is 0 Å². The van der Waals surface area contributed by atoms with Gasteiger partial charge in [0.1, 0.15) is 11.5 Å². The van der Waals surface area contributed by atoms with E-state index in [1.807, 2.05) is 24.3 Å². The van der Waals surface area contributed by atoms with Crippen molar-refractivity contribution in [1.29, 1.82) is 0 Å². The van der Waals surface area contributed by atoms with Gasteiger partial charge in [-0.1, -0.05) is 26.2 Å². The van der Waals surface area contributed by atoms with Crippen LogP contribution in [0.3, 0.4) is 0 Å². The number of nitrogens with zero attached hydrogens (tertiary/aromatic N) is 1. The van der Waals surface area contributed by atoms with E-state index in [1.165, 1.54) is 0 Å². The molecule has 0 bridgehead atoms. The van der Waals surface area contributed by atoms with Crippen molar-refractivity contribution in [3.05, 3.63) is 89.5 Å². The van der Waals surface area contributed by atoms with Gasteiger partial charge in [-0.25, -0.2) is 9.59 Å². The predicted octanol–water partition coefficient (Wildman–Crippen LogP) is 6.40. The summed E-state index contributed by atoms with van der Waals surface area (Å²) in [6.07, 6.45) is 5.92. The number of aliphatic imine (C=N–C) groups is 1. The molecule has 3 rings (SSSR count). The van der Waals surface area contributed by atoms with Crippen LogP contribution < -0.4 is 9.47 Å². The first kappa shape index (κ1) is 24.7. The first-order valence-electron chi connectivity index (χ1n) is 11.4. The molecule has 0 saturated heterocycles. The van der Waals surface area contributed by atoms with Gasteiger partial charge in [0.05, 0.1) is 30.5 Å². The van der Waals surface area contributed by atoms with E-state index in [9.17, 15) is 9.59 Å². The number of carbonyl (C=O) groups excluding carboxylic acids is 2. The number of benzene rings is 3. The van der Waals surface area contributed by atoms with Crippen LogP contribution >= 0.6 is 0 Å². The Kier molecular flexibility index (Phi) is 9.40. The largest absolute Gasteiger partial charge is 0.497 e. The highest BCUT2D eigenvalue weighted by Crippen LogP contribution is 2.18. The first-order chi connectivity index (χ1) is 16.6. The quantitative estimate of drug-likeness (QED) is 0.143. The van der Waals surface area contributed by atoms with Crippen LogP contribution in [0.5, 0.6) is 11.5 Å². The lowest BCUT2D eigenvalue weighted by Gasteiger charge is -2.07. The van der Waals surface area contributed by atoms with Crippen LogP contribution in [0.25, 0.3) is 0 Å². The molecule has 0 heterocycles. The molecule has 0 aliphatic rings. The Labute approximate surface area is 200 Å². The fraction of sp³-hybridized carbons (Fsp3) is 0.250. The van der Waals surface area contributed by atoms with E-state index in [0.29, 0.717) is 29.2 Å². The number of ether oxygens (including phenoxy) is 3. The monoisotopic (exact) mass is 459 g/mol. The van der Waals surface area contributed by atoms with E-state index in [0.717, 1.165) is 37.0 Å². The molecule has 0 aliphatic carbocycles. The third kappa shape index (κ3) is 7.59. The normalized spacial score (nSPS) is 10.8. The van der Waals surface area contributed by atoms with Gasteiger partial charge >= 0.3 is 11.9 Å². The number of methoxy groups -OCH3 is 1. The van der Waals surface area contributed by atoms with E-state index in [1.54, 1.807) is 61.9 Å². The summed E-state index contributed by atoms with van der Waals surface area (Å²) in [5, 5.41) is 0. The van der Waals surface area contributed by atoms with Crippen molar-refractivity contribution in [1.82, 2.24) is 0 Å². The Balaban J connectivity index is 1.51. The van der Waals surface area contributed by atoms with Gasteiger partial charge < -0.3 is 14.2 Å². The molecule has 0 aliphatic heterocycles. The highest BCUT2D eigenvalue weighted by Gasteiger charge is 2.11. The van der Waals surface area contributed by atoms with E-state index in [4.69, 9.17) is 14.2 Å². The molecule has 0 amide bonds. The van der Waals surface area contributed by atoms with Crippen LogP contribution in [-0.4, -0.2) is 31.9 Å². The summed E-state index contributed by atoms with van der Waals surface area (Å²) >= 11 is 0. The summed E-state index contributed by atoms with van der Waals surface area (Å²) in [6.45, 7) is 2.55. The second kappa shape index (κ2) is 12.9. The van der Waals surface area contributed by atoms with Crippen molar-refractivity contribution in [3.63, 3.8) is 0 Å². The Morgan fingerprint density at radius 2 is 1.38 bits per heavy atom. The molecule has 0 saturated carbocycles. The first-order valence-corrected chi connectivity index (χ1v) is 11.4. The molecule has 176 valence electrons. The molecule has 0 atom stereocenters. The molecule has 34 heavy (non-hydrogen) atoms. The minimum atomic E-state index is -0.489. The third-order valence-electron chi connectivity index (χ3n) is 5.11. The molecule has 6 nitrogen and oxygen atoms in total. The SMILES string of the molecule is CCCCCCOC(=O)c1ccc(OC(=O)c2ccc(N=Cc3ccc(OC)cc3)cc2)cc1. The minimum Gasteiger partial charge on any atom is -0.497 e. The molecular weight excluding hydrogens is 430 g/mol. The van der Waals surface area contributed by atoms with Crippen molar-refractivity contribution in [2.75, 3.05) is 13.7 Å². The minimum absolute atomic E-state index is 0.353. The highest BCUT2D eigenvalue weighted by atomic mass is 16.5. The summed E-state index contributed by atoms with van der Waals surface area (Å²) in [5.74, 6) is 0.274. The Morgan fingerprint density at radius 3 is 2.03 bits per heavy atom. The maximum atomic E-state index is 12.4. The van der Waals surface area contributed by atoms with Gasteiger partial charge in [0.2, 0.25) is 0 Å². The Hall–Kier alpha value is -3.93. The van der Waals surface area contributed by atoms with Gasteiger partial charge in [-0.05, 0) is 84.8 Å². The number of hydrogen-bond acceptors (Lipinski definition) is 6. The zero-order chi connectivity index (χ0) is 24.2. The Morgan fingerprint density at radius 1 is 0.765 bits per heavy atom. The van der Waals surface area contributed by atoms with Crippen molar-refractivity contribution < 1.29 is 23.8 Å². The second-order valence-corrected chi connectivity index (χ2v) is 7.69. The molecule has 0 unspecified atom stereocenters. The lowest BCUT2D eigenvalue weighted by Crippen LogP contribution is -2.09. The molecule has 6 heteroatoms. The van der Waals surface area contributed by atoms with Gasteiger partial charge in [-0.3, -0.25) is 4.99 Å². The number of esters is 2. The van der Waals surface area contributed by atoms with Crippen LogP contribution in [0.4, 0.5) is 5.69 Å². The molecule has 0 fully saturated rings. The third-order valence-corrected chi connectivity index (χ3v) is 5.11. The molecule has 0 aromatic heterocycles. The average molecular weight is 460 g/mol. The topological polar surface area (TPSA) is 74.2 Å². The average Bonchev–Trinajstić information content (AvgIpc) is 2.88. The molecule has 3 aromatic carbocycles. The molecular formula is C28H29NO5. The predicted molar refractivity (Wildman–Crippen MR) is 133 cm³/mol. The van der Waals surface area contributed by atoms with Crippen LogP contribution in [0, 0.1) is 0 Å². The fourth-order valence-corrected chi connectivity index (χ4v) is 3.12. The summed E-state index contributed by atoms with van der Waals surface area (Å²) in [7, 11) is 1.62. The van der Waals surface area contributed by atoms with Gasteiger partial charge in [0.15, 0.2) is 0 Å². The smallest absolute Gasteiger partial charge is 0.343 e.